The lowest BCUT2D eigenvalue weighted by molar-refractivity contribution is -0.120. The van der Waals surface area contributed by atoms with Gasteiger partial charge in [0.15, 0.2) is 0 Å². The third kappa shape index (κ3) is 4.43. The highest BCUT2D eigenvalue weighted by Crippen LogP contribution is 2.31. The molecule has 0 bridgehead atoms. The molecule has 2 aromatic carbocycles. The minimum atomic E-state index is -3.71. The van der Waals surface area contributed by atoms with E-state index < -0.39 is 15.8 Å². The molecule has 1 amide bonds. The molecular formula is C18H17Cl2FN2O3S. The molecule has 1 saturated heterocycles. The lowest BCUT2D eigenvalue weighted by Crippen LogP contribution is -2.41. The van der Waals surface area contributed by atoms with Crippen molar-refractivity contribution in [3.63, 3.8) is 0 Å². The van der Waals surface area contributed by atoms with Crippen molar-refractivity contribution in [2.75, 3.05) is 18.4 Å². The molecule has 0 saturated carbocycles. The van der Waals surface area contributed by atoms with Crippen molar-refractivity contribution in [2.45, 2.75) is 17.7 Å². The molecule has 1 aliphatic heterocycles. The van der Waals surface area contributed by atoms with Crippen LogP contribution >= 0.6 is 23.2 Å². The number of sulfonamides is 1. The monoisotopic (exact) mass is 430 g/mol. The zero-order valence-corrected chi connectivity index (χ0v) is 16.5. The first-order chi connectivity index (χ1) is 12.8. The van der Waals surface area contributed by atoms with E-state index in [1.165, 1.54) is 16.4 Å². The first kappa shape index (κ1) is 20.1. The fraction of sp³-hybridized carbons (Fsp3) is 0.278. The van der Waals surface area contributed by atoms with E-state index in [1.54, 1.807) is 18.2 Å². The van der Waals surface area contributed by atoms with E-state index in [4.69, 9.17) is 23.2 Å². The largest absolute Gasteiger partial charge is 0.323 e. The molecule has 0 aliphatic carbocycles. The minimum absolute atomic E-state index is 0.0367. The Hall–Kier alpha value is -1.67. The topological polar surface area (TPSA) is 66.5 Å². The van der Waals surface area contributed by atoms with E-state index in [1.807, 2.05) is 0 Å². The van der Waals surface area contributed by atoms with Gasteiger partial charge in [-0.15, -0.1) is 0 Å². The van der Waals surface area contributed by atoms with Crippen LogP contribution < -0.4 is 5.32 Å². The summed E-state index contributed by atoms with van der Waals surface area (Å²) in [5.74, 6) is -1.09. The van der Waals surface area contributed by atoms with Crippen LogP contribution in [-0.4, -0.2) is 31.7 Å². The van der Waals surface area contributed by atoms with Crippen molar-refractivity contribution >= 4 is 44.8 Å². The molecule has 0 atom stereocenters. The Labute approximate surface area is 167 Å². The second-order valence-electron chi connectivity index (χ2n) is 6.22. The molecule has 144 valence electrons. The summed E-state index contributed by atoms with van der Waals surface area (Å²) in [7, 11) is -3.71. The zero-order valence-electron chi connectivity index (χ0n) is 14.2. The van der Waals surface area contributed by atoms with E-state index >= 15 is 0 Å². The van der Waals surface area contributed by atoms with Gasteiger partial charge >= 0.3 is 0 Å². The highest BCUT2D eigenvalue weighted by atomic mass is 35.5. The number of hydrogen-bond donors (Lipinski definition) is 1. The number of para-hydroxylation sites is 1. The van der Waals surface area contributed by atoms with Gasteiger partial charge in [-0.3, -0.25) is 4.79 Å². The second kappa shape index (κ2) is 8.14. The molecule has 0 unspecified atom stereocenters. The Balaban J connectivity index is 1.64. The standard InChI is InChI=1S/C18H17Cl2FN2O3S/c19-15-2-1-3-16(20)17(15)22-18(24)12-8-10-23(11-9-12)27(25,26)14-6-4-13(21)5-7-14/h1-7,12H,8-11H2,(H,22,24). The number of nitrogens with one attached hydrogen (secondary N) is 1. The number of piperidine rings is 1. The SMILES string of the molecule is O=C(Nc1c(Cl)cccc1Cl)C1CCN(S(=O)(=O)c2ccc(F)cc2)CC1. The number of carbonyl (C=O) groups excluding carboxylic acids is 1. The van der Waals surface area contributed by atoms with Gasteiger partial charge < -0.3 is 5.32 Å². The van der Waals surface area contributed by atoms with Crippen LogP contribution in [-0.2, 0) is 14.8 Å². The second-order valence-corrected chi connectivity index (χ2v) is 8.97. The molecule has 0 aromatic heterocycles. The molecule has 1 aliphatic rings. The molecule has 1 heterocycles. The Morgan fingerprint density at radius 2 is 1.59 bits per heavy atom. The molecule has 9 heteroatoms. The fourth-order valence-corrected chi connectivity index (χ4v) is 4.92. The molecule has 1 fully saturated rings. The average molecular weight is 431 g/mol. The van der Waals surface area contributed by atoms with Gasteiger partial charge in [0, 0.05) is 19.0 Å². The number of nitrogens with zero attached hydrogens (tertiary/aromatic N) is 1. The quantitative estimate of drug-likeness (QED) is 0.790. The maximum atomic E-state index is 13.0. The van der Waals surface area contributed by atoms with Gasteiger partial charge in [-0.05, 0) is 49.2 Å². The highest BCUT2D eigenvalue weighted by molar-refractivity contribution is 7.89. The molecule has 0 spiro atoms. The summed E-state index contributed by atoms with van der Waals surface area (Å²) < 4.78 is 39.6. The molecule has 3 rings (SSSR count). The van der Waals surface area contributed by atoms with Gasteiger partial charge in [0.1, 0.15) is 5.82 Å². The van der Waals surface area contributed by atoms with E-state index in [9.17, 15) is 17.6 Å². The van der Waals surface area contributed by atoms with Crippen molar-refractivity contribution in [3.05, 3.63) is 58.3 Å². The molecule has 5 nitrogen and oxygen atoms in total. The number of benzene rings is 2. The maximum Gasteiger partial charge on any atom is 0.243 e. The lowest BCUT2D eigenvalue weighted by Gasteiger charge is -2.30. The minimum Gasteiger partial charge on any atom is -0.323 e. The number of hydrogen-bond acceptors (Lipinski definition) is 3. The zero-order chi connectivity index (χ0) is 19.6. The molecule has 0 radical (unpaired) electrons. The summed E-state index contributed by atoms with van der Waals surface area (Å²) in [6, 6.07) is 9.63. The summed E-state index contributed by atoms with van der Waals surface area (Å²) in [6.45, 7) is 0.405. The third-order valence-corrected chi connectivity index (χ3v) is 7.03. The number of rotatable bonds is 4. The van der Waals surface area contributed by atoms with E-state index in [2.05, 4.69) is 5.32 Å². The molecular weight excluding hydrogens is 414 g/mol. The summed E-state index contributed by atoms with van der Waals surface area (Å²) in [6.07, 6.45) is 0.739. The smallest absolute Gasteiger partial charge is 0.243 e. The van der Waals surface area contributed by atoms with Crippen molar-refractivity contribution in [1.29, 1.82) is 0 Å². The molecule has 1 N–H and O–H groups in total. The lowest BCUT2D eigenvalue weighted by atomic mass is 9.97. The van der Waals surface area contributed by atoms with Crippen LogP contribution in [0.4, 0.5) is 10.1 Å². The number of anilines is 1. The number of carbonyl (C=O) groups is 1. The van der Waals surface area contributed by atoms with Crippen LogP contribution in [0.1, 0.15) is 12.8 Å². The van der Waals surface area contributed by atoms with Crippen LogP contribution in [0.15, 0.2) is 47.4 Å². The van der Waals surface area contributed by atoms with Crippen LogP contribution in [0.2, 0.25) is 10.0 Å². The average Bonchev–Trinajstić information content (AvgIpc) is 2.65. The Morgan fingerprint density at radius 1 is 1.04 bits per heavy atom. The summed E-state index contributed by atoms with van der Waals surface area (Å²) in [4.78, 5) is 12.5. The first-order valence-corrected chi connectivity index (χ1v) is 10.5. The van der Waals surface area contributed by atoms with Gasteiger partial charge in [-0.2, -0.15) is 4.31 Å². The van der Waals surface area contributed by atoms with Crippen molar-refractivity contribution in [1.82, 2.24) is 4.31 Å². The van der Waals surface area contributed by atoms with Crippen LogP contribution in [0.25, 0.3) is 0 Å². The normalized spacial score (nSPS) is 16.3. The van der Waals surface area contributed by atoms with Gasteiger partial charge in [0.05, 0.1) is 20.6 Å². The maximum absolute atomic E-state index is 13.0. The van der Waals surface area contributed by atoms with Crippen molar-refractivity contribution < 1.29 is 17.6 Å². The Kier molecular flexibility index (Phi) is 6.05. The van der Waals surface area contributed by atoms with Gasteiger partial charge in [-0.25, -0.2) is 12.8 Å². The van der Waals surface area contributed by atoms with Crippen LogP contribution in [0.3, 0.4) is 0 Å². The number of halogens is 3. The number of amides is 1. The van der Waals surface area contributed by atoms with E-state index in [-0.39, 0.29) is 29.8 Å². The van der Waals surface area contributed by atoms with E-state index in [0.717, 1.165) is 12.1 Å². The highest BCUT2D eigenvalue weighted by Gasteiger charge is 2.32. The van der Waals surface area contributed by atoms with E-state index in [0.29, 0.717) is 28.6 Å². The molecule has 27 heavy (non-hydrogen) atoms. The van der Waals surface area contributed by atoms with Gasteiger partial charge in [0.2, 0.25) is 15.9 Å². The predicted octanol–water partition coefficient (Wildman–Crippen LogP) is 4.17. The fourth-order valence-electron chi connectivity index (χ4n) is 2.96. The Morgan fingerprint density at radius 3 is 2.15 bits per heavy atom. The summed E-state index contributed by atoms with van der Waals surface area (Å²) >= 11 is 12.1. The van der Waals surface area contributed by atoms with Gasteiger partial charge in [-0.1, -0.05) is 29.3 Å². The third-order valence-electron chi connectivity index (χ3n) is 4.49. The van der Waals surface area contributed by atoms with Crippen molar-refractivity contribution in [3.8, 4) is 0 Å². The van der Waals surface area contributed by atoms with Gasteiger partial charge in [0.25, 0.3) is 0 Å². The predicted molar refractivity (Wildman–Crippen MR) is 103 cm³/mol. The molecule has 2 aromatic rings. The first-order valence-electron chi connectivity index (χ1n) is 8.29. The van der Waals surface area contributed by atoms with Crippen LogP contribution in [0.5, 0.6) is 0 Å². The summed E-state index contributed by atoms with van der Waals surface area (Å²) in [5, 5.41) is 3.41. The summed E-state index contributed by atoms with van der Waals surface area (Å²) in [5.41, 5.74) is 0.354. The van der Waals surface area contributed by atoms with Crippen molar-refractivity contribution in [2.24, 2.45) is 5.92 Å². The Bertz CT molecular complexity index is 923. The van der Waals surface area contributed by atoms with Crippen LogP contribution in [0, 0.1) is 11.7 Å².